The lowest BCUT2D eigenvalue weighted by atomic mass is 9.97. The molecule has 21 heavy (non-hydrogen) atoms. The third-order valence-electron chi connectivity index (χ3n) is 4.58. The van der Waals surface area contributed by atoms with Gasteiger partial charge in [0, 0.05) is 44.8 Å². The van der Waals surface area contributed by atoms with Gasteiger partial charge in [0.2, 0.25) is 5.91 Å². The zero-order valence-electron chi connectivity index (χ0n) is 12.4. The van der Waals surface area contributed by atoms with Gasteiger partial charge in [-0.3, -0.25) is 4.79 Å². The van der Waals surface area contributed by atoms with Crippen molar-refractivity contribution in [1.82, 2.24) is 14.5 Å². The van der Waals surface area contributed by atoms with Gasteiger partial charge in [0.1, 0.15) is 0 Å². The van der Waals surface area contributed by atoms with Gasteiger partial charge in [-0.1, -0.05) is 0 Å². The van der Waals surface area contributed by atoms with Gasteiger partial charge in [0.05, 0.1) is 24.7 Å². The van der Waals surface area contributed by atoms with Gasteiger partial charge in [0.25, 0.3) is 0 Å². The number of nitrogens with zero attached hydrogens (tertiary/aromatic N) is 3. The van der Waals surface area contributed by atoms with Gasteiger partial charge in [-0.05, 0) is 19.3 Å². The highest BCUT2D eigenvalue weighted by Crippen LogP contribution is 2.26. The predicted molar refractivity (Wildman–Crippen MR) is 78.5 cm³/mol. The fraction of sp³-hybridized carbons (Fsp3) is 0.733. The number of carbonyl (C=O) groups excluding carboxylic acids is 1. The Kier molecular flexibility index (Phi) is 4.55. The number of aryl methyl sites for hydroxylation is 1. The van der Waals surface area contributed by atoms with Gasteiger partial charge in [0.15, 0.2) is 0 Å². The minimum Gasteiger partial charge on any atom is -0.381 e. The van der Waals surface area contributed by atoms with E-state index in [4.69, 9.17) is 10.5 Å². The molecule has 2 N–H and O–H groups in total. The number of likely N-dealkylation sites (tertiary alicyclic amines) is 1. The second-order valence-electron chi connectivity index (χ2n) is 6.00. The maximum atomic E-state index is 12.1. The quantitative estimate of drug-likeness (QED) is 0.876. The molecule has 0 saturated carbocycles. The number of hydrogen-bond donors (Lipinski definition) is 1. The van der Waals surface area contributed by atoms with Gasteiger partial charge >= 0.3 is 0 Å². The molecule has 2 saturated heterocycles. The molecular weight excluding hydrogens is 268 g/mol. The summed E-state index contributed by atoms with van der Waals surface area (Å²) < 4.78 is 7.44. The summed E-state index contributed by atoms with van der Waals surface area (Å²) in [6.45, 7) is 3.99. The molecule has 6 heteroatoms. The summed E-state index contributed by atoms with van der Waals surface area (Å²) in [6, 6.07) is -0.0584. The van der Waals surface area contributed by atoms with Gasteiger partial charge < -0.3 is 19.9 Å². The normalized spacial score (nSPS) is 23.7. The number of ether oxygens (including phenoxy) is 1. The molecule has 0 radical (unpaired) electrons. The molecule has 0 bridgehead atoms. The van der Waals surface area contributed by atoms with Crippen LogP contribution in [0, 0.1) is 5.92 Å². The molecule has 2 aliphatic heterocycles. The van der Waals surface area contributed by atoms with Crippen LogP contribution in [0.3, 0.4) is 0 Å². The molecule has 0 spiro atoms. The highest BCUT2D eigenvalue weighted by Gasteiger charge is 2.26. The van der Waals surface area contributed by atoms with Crippen molar-refractivity contribution in [2.75, 3.05) is 26.3 Å². The summed E-state index contributed by atoms with van der Waals surface area (Å²) in [4.78, 5) is 18.3. The molecule has 6 nitrogen and oxygen atoms in total. The maximum Gasteiger partial charge on any atom is 0.224 e. The minimum absolute atomic E-state index is 0.0584. The van der Waals surface area contributed by atoms with Crippen LogP contribution in [0.25, 0.3) is 0 Å². The van der Waals surface area contributed by atoms with E-state index in [2.05, 4.69) is 4.98 Å². The Morgan fingerprint density at radius 2 is 2.29 bits per heavy atom. The highest BCUT2D eigenvalue weighted by molar-refractivity contribution is 5.76. The van der Waals surface area contributed by atoms with E-state index in [0.717, 1.165) is 51.3 Å². The van der Waals surface area contributed by atoms with Gasteiger partial charge in [-0.2, -0.15) is 0 Å². The first-order valence-corrected chi connectivity index (χ1v) is 7.87. The van der Waals surface area contributed by atoms with Crippen LogP contribution in [0.15, 0.2) is 12.5 Å². The number of imidazole rings is 1. The Hall–Kier alpha value is -1.40. The fourth-order valence-electron chi connectivity index (χ4n) is 3.21. The standard InChI is InChI=1S/C15H24N4O2/c16-15(12-4-8-21-10-12)13-9-17-11-19(13)7-3-14(20)18-5-1-2-6-18/h9,11-12,15H,1-8,10,16H2. The highest BCUT2D eigenvalue weighted by atomic mass is 16.5. The second kappa shape index (κ2) is 6.58. The second-order valence-corrected chi connectivity index (χ2v) is 6.00. The largest absolute Gasteiger partial charge is 0.381 e. The number of nitrogens with two attached hydrogens (primary N) is 1. The Morgan fingerprint density at radius 3 is 3.00 bits per heavy atom. The summed E-state index contributed by atoms with van der Waals surface area (Å²) in [5, 5.41) is 0. The van der Waals surface area contributed by atoms with E-state index in [1.165, 1.54) is 0 Å². The lowest BCUT2D eigenvalue weighted by molar-refractivity contribution is -0.130. The van der Waals surface area contributed by atoms with Crippen molar-refractivity contribution < 1.29 is 9.53 Å². The molecule has 0 aliphatic carbocycles. The third-order valence-corrected chi connectivity index (χ3v) is 4.58. The van der Waals surface area contributed by atoms with E-state index in [1.54, 1.807) is 6.33 Å². The average molecular weight is 292 g/mol. The van der Waals surface area contributed by atoms with Crippen molar-refractivity contribution in [3.63, 3.8) is 0 Å². The van der Waals surface area contributed by atoms with Crippen LogP contribution in [-0.2, 0) is 16.1 Å². The first kappa shape index (κ1) is 14.5. The number of hydrogen-bond acceptors (Lipinski definition) is 4. The molecule has 116 valence electrons. The van der Waals surface area contributed by atoms with Crippen LogP contribution in [0.5, 0.6) is 0 Å². The van der Waals surface area contributed by atoms with E-state index < -0.39 is 0 Å². The monoisotopic (exact) mass is 292 g/mol. The molecule has 2 aliphatic rings. The van der Waals surface area contributed by atoms with Crippen LogP contribution < -0.4 is 5.73 Å². The summed E-state index contributed by atoms with van der Waals surface area (Å²) in [5.41, 5.74) is 7.35. The van der Waals surface area contributed by atoms with E-state index in [9.17, 15) is 4.79 Å². The zero-order chi connectivity index (χ0) is 14.7. The molecule has 3 heterocycles. The smallest absolute Gasteiger partial charge is 0.224 e. The Labute approximate surface area is 125 Å². The van der Waals surface area contributed by atoms with Crippen molar-refractivity contribution in [2.45, 2.75) is 38.3 Å². The fourth-order valence-corrected chi connectivity index (χ4v) is 3.21. The van der Waals surface area contributed by atoms with Crippen molar-refractivity contribution >= 4 is 5.91 Å². The summed E-state index contributed by atoms with van der Waals surface area (Å²) in [7, 11) is 0. The number of carbonyl (C=O) groups is 1. The molecule has 2 unspecified atom stereocenters. The number of aromatic nitrogens is 2. The predicted octanol–water partition coefficient (Wildman–Crippen LogP) is 0.932. The summed E-state index contributed by atoms with van der Waals surface area (Å²) in [5.74, 6) is 0.597. The zero-order valence-corrected chi connectivity index (χ0v) is 12.4. The third kappa shape index (κ3) is 3.27. The Bertz CT molecular complexity index is 476. The SMILES string of the molecule is NC(c1cncn1CCC(=O)N1CCCC1)C1CCOC1. The minimum atomic E-state index is -0.0584. The molecular formula is C15H24N4O2. The van der Waals surface area contributed by atoms with Crippen LogP contribution in [0.2, 0.25) is 0 Å². The Balaban J connectivity index is 1.58. The molecule has 2 fully saturated rings. The van der Waals surface area contributed by atoms with E-state index in [0.29, 0.717) is 18.9 Å². The first-order chi connectivity index (χ1) is 10.3. The maximum absolute atomic E-state index is 12.1. The van der Waals surface area contributed by atoms with Crippen LogP contribution >= 0.6 is 0 Å². The van der Waals surface area contributed by atoms with E-state index in [-0.39, 0.29) is 11.9 Å². The summed E-state index contributed by atoms with van der Waals surface area (Å²) >= 11 is 0. The molecule has 1 aromatic heterocycles. The molecule has 1 aromatic rings. The van der Waals surface area contributed by atoms with Crippen LogP contribution in [-0.4, -0.2) is 46.7 Å². The lowest BCUT2D eigenvalue weighted by Crippen LogP contribution is -2.29. The first-order valence-electron chi connectivity index (χ1n) is 7.87. The van der Waals surface area contributed by atoms with Crippen molar-refractivity contribution in [3.8, 4) is 0 Å². The van der Waals surface area contributed by atoms with Crippen LogP contribution in [0.4, 0.5) is 0 Å². The van der Waals surface area contributed by atoms with E-state index >= 15 is 0 Å². The van der Waals surface area contributed by atoms with Gasteiger partial charge in [-0.25, -0.2) is 4.98 Å². The number of rotatable bonds is 5. The molecule has 2 atom stereocenters. The van der Waals surface area contributed by atoms with Gasteiger partial charge in [-0.15, -0.1) is 0 Å². The molecule has 1 amide bonds. The Morgan fingerprint density at radius 1 is 1.48 bits per heavy atom. The van der Waals surface area contributed by atoms with Crippen molar-refractivity contribution in [3.05, 3.63) is 18.2 Å². The van der Waals surface area contributed by atoms with Crippen molar-refractivity contribution in [2.24, 2.45) is 11.7 Å². The average Bonchev–Trinajstić information content (AvgIpc) is 3.26. The summed E-state index contributed by atoms with van der Waals surface area (Å²) in [6.07, 6.45) is 7.39. The number of amides is 1. The van der Waals surface area contributed by atoms with E-state index in [1.807, 2.05) is 15.7 Å². The topological polar surface area (TPSA) is 73.4 Å². The molecule has 3 rings (SSSR count). The molecule has 0 aromatic carbocycles. The van der Waals surface area contributed by atoms with Crippen LogP contribution in [0.1, 0.15) is 37.4 Å². The lowest BCUT2D eigenvalue weighted by Gasteiger charge is -2.20. The van der Waals surface area contributed by atoms with Crippen molar-refractivity contribution in [1.29, 1.82) is 0 Å².